The van der Waals surface area contributed by atoms with Crippen molar-refractivity contribution in [1.82, 2.24) is 14.9 Å². The first-order valence-electron chi connectivity index (χ1n) is 2.63. The summed E-state index contributed by atoms with van der Waals surface area (Å²) in [6.45, 7) is 4.26. The third-order valence-corrected chi connectivity index (χ3v) is 0.837. The summed E-state index contributed by atoms with van der Waals surface area (Å²) in [6, 6.07) is 0. The van der Waals surface area contributed by atoms with Crippen LogP contribution in [0.25, 0.3) is 0 Å². The van der Waals surface area contributed by atoms with Gasteiger partial charge in [0.25, 0.3) is 0 Å². The molecule has 1 N–H and O–H groups in total. The first-order chi connectivity index (χ1) is 4.43. The zero-order valence-corrected chi connectivity index (χ0v) is 4.99. The fraction of sp³-hybridized carbons (Fsp3) is 0.200. The van der Waals surface area contributed by atoms with Crippen LogP contribution in [0.15, 0.2) is 25.3 Å². The molecule has 1 aromatic rings. The second kappa shape index (κ2) is 2.86. The summed E-state index contributed by atoms with van der Waals surface area (Å²) in [5.41, 5.74) is 2.95. The van der Waals surface area contributed by atoms with Gasteiger partial charge >= 0.3 is 0 Å². The molecule has 1 aromatic heterocycles. The minimum Gasteiger partial charge on any atom is -0.320 e. The third-order valence-electron chi connectivity index (χ3n) is 0.837. The van der Waals surface area contributed by atoms with Gasteiger partial charge in [-0.05, 0) is 0 Å². The summed E-state index contributed by atoms with van der Waals surface area (Å²) >= 11 is 0. The first-order valence-corrected chi connectivity index (χ1v) is 2.63. The van der Waals surface area contributed by atoms with Crippen molar-refractivity contribution in [1.29, 1.82) is 0 Å². The van der Waals surface area contributed by atoms with Gasteiger partial charge in [0.2, 0.25) is 0 Å². The fourth-order valence-corrected chi connectivity index (χ4v) is 0.452. The van der Waals surface area contributed by atoms with E-state index in [9.17, 15) is 0 Å². The maximum absolute atomic E-state index is 3.59. The molecule has 9 heavy (non-hydrogen) atoms. The Hall–Kier alpha value is -1.32. The molecular formula is C5H8N4. The van der Waals surface area contributed by atoms with Crippen LogP contribution in [0.4, 0.5) is 0 Å². The van der Waals surface area contributed by atoms with Crippen molar-refractivity contribution in [3.05, 3.63) is 25.3 Å². The van der Waals surface area contributed by atoms with Gasteiger partial charge in [-0.1, -0.05) is 6.08 Å². The largest absolute Gasteiger partial charge is 0.320 e. The molecule has 48 valence electrons. The molecular weight excluding hydrogens is 116 g/mol. The maximum atomic E-state index is 3.59. The van der Waals surface area contributed by atoms with Gasteiger partial charge in [0.15, 0.2) is 0 Å². The molecule has 0 aromatic carbocycles. The van der Waals surface area contributed by atoms with E-state index in [1.165, 1.54) is 0 Å². The molecule has 0 aliphatic carbocycles. The molecule has 1 rings (SSSR count). The Kier molecular flexibility index (Phi) is 1.85. The van der Waals surface area contributed by atoms with Gasteiger partial charge in [-0.3, -0.25) is 0 Å². The number of rotatable bonds is 3. The van der Waals surface area contributed by atoms with Crippen LogP contribution >= 0.6 is 0 Å². The maximum Gasteiger partial charge on any atom is 0.138 e. The highest BCUT2D eigenvalue weighted by Gasteiger charge is 1.81. The van der Waals surface area contributed by atoms with Gasteiger partial charge < -0.3 is 5.43 Å². The molecule has 0 bridgehead atoms. The van der Waals surface area contributed by atoms with Gasteiger partial charge in [-0.25, -0.2) is 4.68 Å². The molecule has 0 amide bonds. The van der Waals surface area contributed by atoms with Gasteiger partial charge in [0.1, 0.15) is 12.7 Å². The van der Waals surface area contributed by atoms with Crippen molar-refractivity contribution in [3.63, 3.8) is 0 Å². The Labute approximate surface area is 53.2 Å². The van der Waals surface area contributed by atoms with E-state index in [1.807, 2.05) is 0 Å². The Morgan fingerprint density at radius 1 is 1.56 bits per heavy atom. The zero-order chi connectivity index (χ0) is 6.53. The van der Waals surface area contributed by atoms with Gasteiger partial charge in [0, 0.05) is 6.54 Å². The minimum atomic E-state index is 0.720. The lowest BCUT2D eigenvalue weighted by molar-refractivity contribution is 0.885. The minimum absolute atomic E-state index is 0.720. The molecule has 0 spiro atoms. The van der Waals surface area contributed by atoms with Crippen LogP contribution < -0.4 is 5.43 Å². The highest BCUT2D eigenvalue weighted by molar-refractivity contribution is 4.81. The molecule has 4 heteroatoms. The van der Waals surface area contributed by atoms with E-state index in [0.29, 0.717) is 0 Å². The topological polar surface area (TPSA) is 42.7 Å². The molecule has 0 saturated carbocycles. The van der Waals surface area contributed by atoms with Crippen LogP contribution in [-0.2, 0) is 0 Å². The number of nitrogens with zero attached hydrogens (tertiary/aromatic N) is 3. The number of nitrogens with one attached hydrogen (secondary N) is 1. The predicted octanol–water partition coefficient (Wildman–Crippen LogP) is 0.00760. The highest BCUT2D eigenvalue weighted by atomic mass is 15.5. The fourth-order valence-electron chi connectivity index (χ4n) is 0.452. The first kappa shape index (κ1) is 5.81. The quantitative estimate of drug-likeness (QED) is 0.577. The van der Waals surface area contributed by atoms with Gasteiger partial charge in [0.05, 0.1) is 0 Å². The third kappa shape index (κ3) is 1.56. The monoisotopic (exact) mass is 124 g/mol. The van der Waals surface area contributed by atoms with Crippen LogP contribution in [0.3, 0.4) is 0 Å². The Balaban J connectivity index is 2.38. The molecule has 0 radical (unpaired) electrons. The van der Waals surface area contributed by atoms with Crippen LogP contribution in [0.1, 0.15) is 0 Å². The summed E-state index contributed by atoms with van der Waals surface area (Å²) in [7, 11) is 0. The average Bonchev–Trinajstić information content (AvgIpc) is 2.34. The molecule has 4 nitrogen and oxygen atoms in total. The van der Waals surface area contributed by atoms with E-state index < -0.39 is 0 Å². The Bertz CT molecular complexity index is 167. The normalized spacial score (nSPS) is 8.89. The van der Waals surface area contributed by atoms with Crippen molar-refractivity contribution < 1.29 is 0 Å². The van der Waals surface area contributed by atoms with Crippen LogP contribution in [0, 0.1) is 0 Å². The molecule has 0 fully saturated rings. The highest BCUT2D eigenvalue weighted by Crippen LogP contribution is 1.73. The summed E-state index contributed by atoms with van der Waals surface area (Å²) in [5, 5.41) is 7.18. The average molecular weight is 124 g/mol. The van der Waals surface area contributed by atoms with Crippen LogP contribution in [-0.4, -0.2) is 21.4 Å². The lowest BCUT2D eigenvalue weighted by Crippen LogP contribution is -2.11. The Morgan fingerprint density at radius 3 is 2.78 bits per heavy atom. The summed E-state index contributed by atoms with van der Waals surface area (Å²) in [6.07, 6.45) is 4.94. The lowest BCUT2D eigenvalue weighted by Gasteiger charge is -1.98. The smallest absolute Gasteiger partial charge is 0.138 e. The molecule has 0 aliphatic heterocycles. The number of aromatic nitrogens is 3. The van der Waals surface area contributed by atoms with E-state index in [-0.39, 0.29) is 0 Å². The van der Waals surface area contributed by atoms with E-state index >= 15 is 0 Å². The Morgan fingerprint density at radius 2 is 2.22 bits per heavy atom. The van der Waals surface area contributed by atoms with Crippen molar-refractivity contribution in [2.45, 2.75) is 0 Å². The SMILES string of the molecule is C=CCNn1cnnc1. The van der Waals surface area contributed by atoms with E-state index in [0.717, 1.165) is 6.54 Å². The second-order valence-electron chi connectivity index (χ2n) is 1.52. The zero-order valence-electron chi connectivity index (χ0n) is 4.99. The van der Waals surface area contributed by atoms with Gasteiger partial charge in [-0.15, -0.1) is 16.8 Å². The van der Waals surface area contributed by atoms with Crippen molar-refractivity contribution in [2.75, 3.05) is 12.0 Å². The molecule has 1 heterocycles. The number of hydrogen-bond acceptors (Lipinski definition) is 3. The standard InChI is InChI=1S/C5H8N4/c1-2-3-8-9-4-6-7-5-9/h2,4-5,8H,1,3H2. The molecule has 0 atom stereocenters. The molecule has 0 saturated heterocycles. The summed E-state index contributed by atoms with van der Waals surface area (Å²) in [5.74, 6) is 0. The predicted molar refractivity (Wildman–Crippen MR) is 34.4 cm³/mol. The van der Waals surface area contributed by atoms with E-state index in [4.69, 9.17) is 0 Å². The van der Waals surface area contributed by atoms with Crippen LogP contribution in [0.2, 0.25) is 0 Å². The number of hydrogen-bond donors (Lipinski definition) is 1. The molecule has 0 aliphatic rings. The van der Waals surface area contributed by atoms with E-state index in [2.05, 4.69) is 22.2 Å². The van der Waals surface area contributed by atoms with E-state index in [1.54, 1.807) is 23.4 Å². The van der Waals surface area contributed by atoms with Crippen LogP contribution in [0.5, 0.6) is 0 Å². The summed E-state index contributed by atoms with van der Waals surface area (Å²) < 4.78 is 1.67. The lowest BCUT2D eigenvalue weighted by atomic mass is 10.7. The summed E-state index contributed by atoms with van der Waals surface area (Å²) in [4.78, 5) is 0. The van der Waals surface area contributed by atoms with Crippen molar-refractivity contribution in [3.8, 4) is 0 Å². The van der Waals surface area contributed by atoms with Gasteiger partial charge in [-0.2, -0.15) is 0 Å². The second-order valence-corrected chi connectivity index (χ2v) is 1.52. The molecule has 0 unspecified atom stereocenters. The van der Waals surface area contributed by atoms with Crippen molar-refractivity contribution in [2.24, 2.45) is 0 Å². The van der Waals surface area contributed by atoms with Crippen molar-refractivity contribution >= 4 is 0 Å².